The number of amides is 1. The normalized spacial score (nSPS) is 11.2. The molecule has 1 aromatic rings. The second-order valence-electron chi connectivity index (χ2n) is 3.66. The van der Waals surface area contributed by atoms with Crippen molar-refractivity contribution < 1.29 is 27.5 Å². The molecule has 1 rings (SSSR count). The lowest BCUT2D eigenvalue weighted by atomic mass is 10.3. The summed E-state index contributed by atoms with van der Waals surface area (Å²) in [7, 11) is 0. The van der Waals surface area contributed by atoms with E-state index >= 15 is 0 Å². The van der Waals surface area contributed by atoms with E-state index < -0.39 is 36.9 Å². The minimum atomic E-state index is -4.58. The number of ether oxygens (including phenoxy) is 1. The van der Waals surface area contributed by atoms with E-state index in [0.29, 0.717) is 0 Å². The number of aromatic nitrogens is 1. The molecule has 5 nitrogen and oxygen atoms in total. The fraction of sp³-hybridized carbons (Fsp3) is 0.300. The molecule has 0 unspecified atom stereocenters. The Balaban J connectivity index is 2.69. The number of carbonyl (C=O) groups excluding carboxylic acids is 2. The van der Waals surface area contributed by atoms with Gasteiger partial charge in [0.15, 0.2) is 12.3 Å². The van der Waals surface area contributed by atoms with Gasteiger partial charge in [-0.25, -0.2) is 9.78 Å². The van der Waals surface area contributed by atoms with Crippen LogP contribution in [0.15, 0.2) is 0 Å². The van der Waals surface area contributed by atoms with E-state index in [0.717, 1.165) is 0 Å². The third-order valence-electron chi connectivity index (χ3n) is 2.00. The maximum atomic E-state index is 11.9. The van der Waals surface area contributed by atoms with Crippen LogP contribution in [-0.4, -0.2) is 36.2 Å². The lowest BCUT2D eigenvalue weighted by Gasteiger charge is -2.10. The van der Waals surface area contributed by atoms with Crippen molar-refractivity contribution >= 4 is 58.3 Å². The summed E-state index contributed by atoms with van der Waals surface area (Å²) in [5, 5.41) is 0.375. The summed E-state index contributed by atoms with van der Waals surface area (Å²) in [5.41, 5.74) is -0.523. The van der Waals surface area contributed by atoms with Crippen molar-refractivity contribution in [2.45, 2.75) is 6.18 Å². The molecule has 0 radical (unpaired) electrons. The molecule has 0 saturated heterocycles. The second-order valence-corrected chi connectivity index (χ2v) is 5.15. The lowest BCUT2D eigenvalue weighted by molar-refractivity contribution is -0.140. The van der Waals surface area contributed by atoms with E-state index in [9.17, 15) is 22.8 Å². The molecule has 0 fully saturated rings. The zero-order valence-corrected chi connectivity index (χ0v) is 13.3. The molecule has 1 N–H and O–H groups in total. The highest BCUT2D eigenvalue weighted by atomic mass is 35.5. The zero-order valence-electron chi connectivity index (χ0n) is 10.2. The number of nitrogens with zero attached hydrogens (tertiary/aromatic N) is 1. The van der Waals surface area contributed by atoms with Crippen LogP contribution in [0.4, 0.5) is 13.2 Å². The van der Waals surface area contributed by atoms with Crippen molar-refractivity contribution in [2.75, 3.05) is 13.2 Å². The number of nitrogens with one attached hydrogen (secondary N) is 1. The van der Waals surface area contributed by atoms with E-state index in [1.807, 2.05) is 0 Å². The minimum absolute atomic E-state index is 0.187. The lowest BCUT2D eigenvalue weighted by Crippen LogP contribution is -2.36. The van der Waals surface area contributed by atoms with Gasteiger partial charge in [0.2, 0.25) is 0 Å². The Morgan fingerprint density at radius 2 is 1.68 bits per heavy atom. The molecule has 0 atom stereocenters. The van der Waals surface area contributed by atoms with Gasteiger partial charge in [0.25, 0.3) is 5.91 Å². The number of halogens is 7. The molecular weight excluding hydrogens is 395 g/mol. The van der Waals surface area contributed by atoms with Gasteiger partial charge in [-0.05, 0) is 0 Å². The number of hydrogen-bond acceptors (Lipinski definition) is 4. The monoisotopic (exact) mass is 398 g/mol. The highest BCUT2D eigenvalue weighted by Gasteiger charge is 2.28. The Morgan fingerprint density at radius 3 is 2.23 bits per heavy atom. The summed E-state index contributed by atoms with van der Waals surface area (Å²) >= 11 is 22.6. The largest absolute Gasteiger partial charge is 0.451 e. The smallest absolute Gasteiger partial charge is 0.405 e. The molecular formula is C10H5Cl4F3N2O3. The van der Waals surface area contributed by atoms with Gasteiger partial charge < -0.3 is 10.1 Å². The van der Waals surface area contributed by atoms with Crippen LogP contribution in [0.1, 0.15) is 10.5 Å². The van der Waals surface area contributed by atoms with E-state index in [2.05, 4.69) is 9.72 Å². The first-order valence-corrected chi connectivity index (χ1v) is 6.74. The van der Waals surface area contributed by atoms with Crippen LogP contribution in [0.25, 0.3) is 0 Å². The summed E-state index contributed by atoms with van der Waals surface area (Å²) in [5.74, 6) is -2.36. The number of hydrogen-bond donors (Lipinski definition) is 1. The molecule has 0 aliphatic carbocycles. The van der Waals surface area contributed by atoms with Gasteiger partial charge in [0, 0.05) is 0 Å². The number of carbonyl (C=O) groups is 2. The first-order valence-electron chi connectivity index (χ1n) is 5.23. The van der Waals surface area contributed by atoms with Gasteiger partial charge >= 0.3 is 12.1 Å². The number of rotatable bonds is 4. The Kier molecular flexibility index (Phi) is 6.54. The second kappa shape index (κ2) is 7.54. The number of alkyl halides is 3. The van der Waals surface area contributed by atoms with Gasteiger partial charge in [-0.1, -0.05) is 46.4 Å². The molecule has 1 amide bonds. The number of pyridine rings is 1. The zero-order chi connectivity index (χ0) is 17.1. The van der Waals surface area contributed by atoms with Crippen LogP contribution >= 0.6 is 46.4 Å². The number of esters is 1. The van der Waals surface area contributed by atoms with Gasteiger partial charge in [-0.3, -0.25) is 4.79 Å². The van der Waals surface area contributed by atoms with Crippen LogP contribution in [0, 0.1) is 0 Å². The summed E-state index contributed by atoms with van der Waals surface area (Å²) < 4.78 is 40.1. The van der Waals surface area contributed by atoms with Crippen LogP contribution in [0.5, 0.6) is 0 Å². The standard InChI is InChI=1S/C10H5Cl4F3N2O3/c11-4-5(12)7(19-8(14)6(4)13)9(21)22-1-3(20)18-2-10(15,16)17/h1-2H2,(H,18,20). The molecule has 0 saturated carbocycles. The average molecular weight is 400 g/mol. The quantitative estimate of drug-likeness (QED) is 0.621. The third kappa shape index (κ3) is 5.35. The van der Waals surface area contributed by atoms with Crippen LogP contribution in [0.3, 0.4) is 0 Å². The predicted molar refractivity (Wildman–Crippen MR) is 73.6 cm³/mol. The molecule has 0 spiro atoms. The van der Waals surface area contributed by atoms with Gasteiger partial charge in [-0.2, -0.15) is 13.2 Å². The Bertz CT molecular complexity index is 610. The minimum Gasteiger partial charge on any atom is -0.451 e. The molecule has 0 aromatic carbocycles. The topological polar surface area (TPSA) is 68.3 Å². The van der Waals surface area contributed by atoms with Gasteiger partial charge in [-0.15, -0.1) is 0 Å². The maximum absolute atomic E-state index is 11.9. The molecule has 12 heteroatoms. The molecule has 122 valence electrons. The fourth-order valence-electron chi connectivity index (χ4n) is 1.07. The van der Waals surface area contributed by atoms with E-state index in [4.69, 9.17) is 46.4 Å². The molecule has 0 aliphatic heterocycles. The van der Waals surface area contributed by atoms with Crippen molar-refractivity contribution in [3.8, 4) is 0 Å². The van der Waals surface area contributed by atoms with E-state index in [1.165, 1.54) is 5.32 Å². The first kappa shape index (κ1) is 19.1. The molecule has 0 aliphatic rings. The Labute approximate surface area is 141 Å². The van der Waals surface area contributed by atoms with Crippen molar-refractivity contribution in [2.24, 2.45) is 0 Å². The van der Waals surface area contributed by atoms with Crippen molar-refractivity contribution in [1.82, 2.24) is 10.3 Å². The summed E-state index contributed by atoms with van der Waals surface area (Å²) in [6.07, 6.45) is -4.58. The predicted octanol–water partition coefficient (Wildman–Crippen LogP) is 3.53. The van der Waals surface area contributed by atoms with Crippen LogP contribution in [-0.2, 0) is 9.53 Å². The molecule has 0 bridgehead atoms. The van der Waals surface area contributed by atoms with Crippen LogP contribution < -0.4 is 5.32 Å². The summed E-state index contributed by atoms with van der Waals surface area (Å²) in [6, 6.07) is 0. The average Bonchev–Trinajstić information content (AvgIpc) is 2.43. The highest BCUT2D eigenvalue weighted by molar-refractivity contribution is 6.52. The molecule has 22 heavy (non-hydrogen) atoms. The van der Waals surface area contributed by atoms with Crippen molar-refractivity contribution in [1.29, 1.82) is 0 Å². The highest BCUT2D eigenvalue weighted by Crippen LogP contribution is 2.36. The molecule has 1 aromatic heterocycles. The molecule has 1 heterocycles. The van der Waals surface area contributed by atoms with E-state index in [-0.39, 0.29) is 20.2 Å². The Hall–Kier alpha value is -0.960. The third-order valence-corrected chi connectivity index (χ3v) is 3.68. The van der Waals surface area contributed by atoms with Gasteiger partial charge in [0.1, 0.15) is 11.7 Å². The maximum Gasteiger partial charge on any atom is 0.405 e. The van der Waals surface area contributed by atoms with Crippen molar-refractivity contribution in [3.05, 3.63) is 25.9 Å². The van der Waals surface area contributed by atoms with Crippen molar-refractivity contribution in [3.63, 3.8) is 0 Å². The van der Waals surface area contributed by atoms with Crippen LogP contribution in [0.2, 0.25) is 20.2 Å². The fourth-order valence-corrected chi connectivity index (χ4v) is 1.88. The first-order chi connectivity index (χ1) is 10.0. The summed E-state index contributed by atoms with van der Waals surface area (Å²) in [4.78, 5) is 26.3. The van der Waals surface area contributed by atoms with Gasteiger partial charge in [0.05, 0.1) is 15.1 Å². The summed E-state index contributed by atoms with van der Waals surface area (Å²) in [6.45, 7) is -2.52. The Morgan fingerprint density at radius 1 is 1.09 bits per heavy atom. The SMILES string of the molecule is O=C(COC(=O)c1nc(Cl)c(Cl)c(Cl)c1Cl)NCC(F)(F)F. The van der Waals surface area contributed by atoms with E-state index in [1.54, 1.807) is 0 Å².